The Morgan fingerprint density at radius 3 is 2.57 bits per heavy atom. The summed E-state index contributed by atoms with van der Waals surface area (Å²) in [5.74, 6) is -0.425. The number of thiophene rings is 1. The predicted molar refractivity (Wildman–Crippen MR) is 87.4 cm³/mol. The van der Waals surface area contributed by atoms with Crippen LogP contribution in [0.5, 0.6) is 0 Å². The summed E-state index contributed by atoms with van der Waals surface area (Å²) in [5, 5.41) is 11.8. The molecule has 0 saturated heterocycles. The average Bonchev–Trinajstić information content (AvgIpc) is 2.90. The summed E-state index contributed by atoms with van der Waals surface area (Å²) < 4.78 is 0.620. The van der Waals surface area contributed by atoms with Crippen molar-refractivity contribution in [2.75, 3.05) is 5.32 Å². The van der Waals surface area contributed by atoms with Crippen molar-refractivity contribution in [2.24, 2.45) is 0 Å². The topological polar surface area (TPSA) is 52.9 Å². The first-order valence-electron chi connectivity index (χ1n) is 6.40. The van der Waals surface area contributed by atoms with E-state index in [1.807, 2.05) is 30.3 Å². The van der Waals surface area contributed by atoms with Crippen molar-refractivity contribution in [1.29, 1.82) is 5.26 Å². The van der Waals surface area contributed by atoms with Crippen LogP contribution in [0.3, 0.4) is 0 Å². The molecule has 0 unspecified atom stereocenters. The zero-order chi connectivity index (χ0) is 15.2. The number of aryl methyl sites for hydroxylation is 1. The lowest BCUT2D eigenvalue weighted by Gasteiger charge is -2.05. The van der Waals surface area contributed by atoms with E-state index in [9.17, 15) is 4.79 Å². The van der Waals surface area contributed by atoms with Gasteiger partial charge in [0.15, 0.2) is 0 Å². The zero-order valence-electron chi connectivity index (χ0n) is 11.4. The van der Waals surface area contributed by atoms with Crippen molar-refractivity contribution >= 4 is 40.6 Å². The molecule has 3 nitrogen and oxygen atoms in total. The average molecular weight is 317 g/mol. The van der Waals surface area contributed by atoms with Gasteiger partial charge in [-0.15, -0.1) is 11.3 Å². The number of hydrogen-bond donors (Lipinski definition) is 1. The fourth-order valence-corrected chi connectivity index (χ4v) is 2.72. The van der Waals surface area contributed by atoms with E-state index in [4.69, 9.17) is 16.9 Å². The largest absolute Gasteiger partial charge is 0.321 e. The molecule has 0 aliphatic carbocycles. The van der Waals surface area contributed by atoms with Crippen LogP contribution in [-0.4, -0.2) is 5.91 Å². The summed E-state index contributed by atoms with van der Waals surface area (Å²) in [4.78, 5) is 12.9. The molecule has 0 fully saturated rings. The van der Waals surface area contributed by atoms with E-state index < -0.39 is 5.91 Å². The molecule has 0 atom stereocenters. The molecular formula is C16H13ClN2OS. The lowest BCUT2D eigenvalue weighted by molar-refractivity contribution is -0.112. The Bertz CT molecular complexity index is 711. The van der Waals surface area contributed by atoms with Gasteiger partial charge in [-0.1, -0.05) is 30.7 Å². The quantitative estimate of drug-likeness (QED) is 0.666. The minimum Gasteiger partial charge on any atom is -0.321 e. The van der Waals surface area contributed by atoms with Crippen LogP contribution in [0.2, 0.25) is 4.34 Å². The van der Waals surface area contributed by atoms with Gasteiger partial charge in [-0.05, 0) is 42.3 Å². The lowest BCUT2D eigenvalue weighted by Crippen LogP contribution is -2.13. The zero-order valence-corrected chi connectivity index (χ0v) is 13.0. The molecule has 0 saturated carbocycles. The van der Waals surface area contributed by atoms with Crippen molar-refractivity contribution in [3.05, 3.63) is 56.7 Å². The Hall–Kier alpha value is -2.09. The standard InChI is InChI=1S/C16H13ClN2OS/c1-2-11-3-5-13(6-4-11)19-16(20)12(10-18)9-14-7-8-15(17)21-14/h3-9H,2H2,1H3,(H,19,20)/b12-9+. The first kappa shape index (κ1) is 15.3. The van der Waals surface area contributed by atoms with Crippen LogP contribution in [0.1, 0.15) is 17.4 Å². The fourth-order valence-electron chi connectivity index (χ4n) is 1.72. The van der Waals surface area contributed by atoms with E-state index in [1.54, 1.807) is 12.1 Å². The molecule has 0 aliphatic heterocycles. The van der Waals surface area contributed by atoms with Crippen LogP contribution in [-0.2, 0) is 11.2 Å². The van der Waals surface area contributed by atoms with Crippen molar-refractivity contribution in [2.45, 2.75) is 13.3 Å². The Balaban J connectivity index is 2.13. The number of rotatable bonds is 4. The molecule has 0 bridgehead atoms. The van der Waals surface area contributed by atoms with Gasteiger partial charge in [0.25, 0.3) is 5.91 Å². The summed E-state index contributed by atoms with van der Waals surface area (Å²) in [7, 11) is 0. The maximum Gasteiger partial charge on any atom is 0.266 e. The molecule has 0 spiro atoms. The highest BCUT2D eigenvalue weighted by Crippen LogP contribution is 2.23. The van der Waals surface area contributed by atoms with E-state index in [0.717, 1.165) is 11.3 Å². The van der Waals surface area contributed by atoms with E-state index >= 15 is 0 Å². The highest BCUT2D eigenvalue weighted by molar-refractivity contribution is 7.17. The van der Waals surface area contributed by atoms with Crippen LogP contribution >= 0.6 is 22.9 Å². The van der Waals surface area contributed by atoms with Crippen LogP contribution in [0.15, 0.2) is 42.0 Å². The van der Waals surface area contributed by atoms with Gasteiger partial charge in [0.1, 0.15) is 11.6 Å². The second-order valence-electron chi connectivity index (χ2n) is 4.32. The fraction of sp³-hybridized carbons (Fsp3) is 0.125. The number of halogens is 1. The van der Waals surface area contributed by atoms with Gasteiger partial charge in [-0.3, -0.25) is 4.79 Å². The first-order valence-corrected chi connectivity index (χ1v) is 7.59. The van der Waals surface area contributed by atoms with Crippen LogP contribution in [0.4, 0.5) is 5.69 Å². The predicted octanol–water partition coefficient (Wildman–Crippen LogP) is 4.51. The van der Waals surface area contributed by atoms with E-state index in [0.29, 0.717) is 10.0 Å². The molecule has 0 radical (unpaired) electrons. The van der Waals surface area contributed by atoms with Gasteiger partial charge in [0, 0.05) is 10.6 Å². The van der Waals surface area contributed by atoms with Crippen LogP contribution in [0, 0.1) is 11.3 Å². The Morgan fingerprint density at radius 2 is 2.05 bits per heavy atom. The number of nitrogens with zero attached hydrogens (tertiary/aromatic N) is 1. The molecule has 1 amide bonds. The van der Waals surface area contributed by atoms with Crippen molar-refractivity contribution in [3.63, 3.8) is 0 Å². The second-order valence-corrected chi connectivity index (χ2v) is 6.06. The molecule has 2 rings (SSSR count). The van der Waals surface area contributed by atoms with Gasteiger partial charge in [-0.25, -0.2) is 0 Å². The van der Waals surface area contributed by atoms with Crippen LogP contribution in [0.25, 0.3) is 6.08 Å². The van der Waals surface area contributed by atoms with Crippen LogP contribution < -0.4 is 5.32 Å². The number of carbonyl (C=O) groups is 1. The maximum atomic E-state index is 12.1. The Labute approximate surface area is 132 Å². The minimum absolute atomic E-state index is 0.0492. The SMILES string of the molecule is CCc1ccc(NC(=O)/C(C#N)=C/c2ccc(Cl)s2)cc1. The number of benzene rings is 1. The number of hydrogen-bond acceptors (Lipinski definition) is 3. The number of nitrogens with one attached hydrogen (secondary N) is 1. The highest BCUT2D eigenvalue weighted by Gasteiger charge is 2.10. The monoisotopic (exact) mass is 316 g/mol. The first-order chi connectivity index (χ1) is 10.1. The Kier molecular flexibility index (Phi) is 5.15. The van der Waals surface area contributed by atoms with Crippen molar-refractivity contribution in [3.8, 4) is 6.07 Å². The van der Waals surface area contributed by atoms with Gasteiger partial charge < -0.3 is 5.32 Å². The number of amides is 1. The summed E-state index contributed by atoms with van der Waals surface area (Å²) >= 11 is 7.15. The minimum atomic E-state index is -0.425. The number of anilines is 1. The van der Waals surface area contributed by atoms with E-state index in [-0.39, 0.29) is 5.57 Å². The highest BCUT2D eigenvalue weighted by atomic mass is 35.5. The van der Waals surface area contributed by atoms with E-state index in [2.05, 4.69) is 12.2 Å². The molecule has 1 aromatic heterocycles. The Morgan fingerprint density at radius 1 is 1.33 bits per heavy atom. The number of carbonyl (C=O) groups excluding carboxylic acids is 1. The molecular weight excluding hydrogens is 304 g/mol. The summed E-state index contributed by atoms with van der Waals surface area (Å²) in [5.41, 5.74) is 1.91. The van der Waals surface area contributed by atoms with Gasteiger partial charge in [-0.2, -0.15) is 5.26 Å². The molecule has 5 heteroatoms. The number of nitriles is 1. The third-order valence-corrected chi connectivity index (χ3v) is 4.04. The van der Waals surface area contributed by atoms with Crippen molar-refractivity contribution < 1.29 is 4.79 Å². The second kappa shape index (κ2) is 7.07. The summed E-state index contributed by atoms with van der Waals surface area (Å²) in [6, 6.07) is 13.0. The molecule has 1 aromatic carbocycles. The maximum absolute atomic E-state index is 12.1. The van der Waals surface area contributed by atoms with Gasteiger partial charge >= 0.3 is 0 Å². The van der Waals surface area contributed by atoms with Gasteiger partial charge in [0.2, 0.25) is 0 Å². The normalized spacial score (nSPS) is 11.0. The molecule has 0 aliphatic rings. The van der Waals surface area contributed by atoms with E-state index in [1.165, 1.54) is 23.0 Å². The van der Waals surface area contributed by atoms with Crippen molar-refractivity contribution in [1.82, 2.24) is 0 Å². The van der Waals surface area contributed by atoms with Gasteiger partial charge in [0.05, 0.1) is 4.34 Å². The molecule has 21 heavy (non-hydrogen) atoms. The molecule has 106 valence electrons. The summed E-state index contributed by atoms with van der Waals surface area (Å²) in [6.07, 6.45) is 2.48. The molecule has 1 N–H and O–H groups in total. The molecule has 2 aromatic rings. The lowest BCUT2D eigenvalue weighted by atomic mass is 10.1. The third kappa shape index (κ3) is 4.19. The molecule has 1 heterocycles. The third-order valence-electron chi connectivity index (χ3n) is 2.87. The summed E-state index contributed by atoms with van der Waals surface area (Å²) in [6.45, 7) is 2.07. The smallest absolute Gasteiger partial charge is 0.266 e.